The van der Waals surface area contributed by atoms with E-state index in [0.717, 1.165) is 5.56 Å². The van der Waals surface area contributed by atoms with Gasteiger partial charge in [-0.3, -0.25) is 14.5 Å². The maximum absolute atomic E-state index is 12.8. The Hall–Kier alpha value is -3.72. The molecule has 0 heterocycles. The molecule has 3 aromatic carbocycles. The number of aliphatic hydroxyl groups is 1. The van der Waals surface area contributed by atoms with Crippen LogP contribution in [0, 0.1) is 0 Å². The molecule has 4 N–H and O–H groups in total. The summed E-state index contributed by atoms with van der Waals surface area (Å²) in [6.45, 7) is 1.29. The molecule has 0 aliphatic carbocycles. The Balaban J connectivity index is 1.68. The number of nitrogens with one attached hydrogen (secondary N) is 2. The molecule has 0 saturated heterocycles. The zero-order chi connectivity index (χ0) is 24.5. The third-order valence-corrected chi connectivity index (χ3v) is 5.13. The van der Waals surface area contributed by atoms with Gasteiger partial charge in [-0.2, -0.15) is 5.10 Å². The van der Waals surface area contributed by atoms with Crippen LogP contribution in [0.1, 0.15) is 31.8 Å². The first-order chi connectivity index (χ1) is 16.4. The van der Waals surface area contributed by atoms with Crippen molar-refractivity contribution < 1.29 is 19.8 Å². The van der Waals surface area contributed by atoms with Gasteiger partial charge < -0.3 is 15.5 Å². The highest BCUT2D eigenvalue weighted by atomic mass is 35.5. The van der Waals surface area contributed by atoms with Gasteiger partial charge in [-0.1, -0.05) is 23.7 Å². The minimum atomic E-state index is -0.546. The fraction of sp³-hybridized carbons (Fsp3) is 0.160. The van der Waals surface area contributed by atoms with Gasteiger partial charge in [0.25, 0.3) is 11.8 Å². The third-order valence-electron chi connectivity index (χ3n) is 4.90. The van der Waals surface area contributed by atoms with Gasteiger partial charge in [-0.15, -0.1) is 0 Å². The van der Waals surface area contributed by atoms with Crippen molar-refractivity contribution >= 4 is 35.3 Å². The average molecular weight is 481 g/mol. The van der Waals surface area contributed by atoms with E-state index in [0.29, 0.717) is 34.9 Å². The van der Waals surface area contributed by atoms with Crippen molar-refractivity contribution in [1.82, 2.24) is 10.3 Å². The van der Waals surface area contributed by atoms with Crippen molar-refractivity contribution in [2.24, 2.45) is 5.10 Å². The number of carbonyl (C=O) groups is 2. The lowest BCUT2D eigenvalue weighted by Gasteiger charge is -2.15. The monoisotopic (exact) mass is 480 g/mol. The summed E-state index contributed by atoms with van der Waals surface area (Å²) in [5.74, 6) is -0.793. The number of aromatic hydroxyl groups is 1. The zero-order valence-corrected chi connectivity index (χ0v) is 19.3. The molecule has 34 heavy (non-hydrogen) atoms. The van der Waals surface area contributed by atoms with Gasteiger partial charge in [0.05, 0.1) is 24.1 Å². The van der Waals surface area contributed by atoms with Gasteiger partial charge in [0, 0.05) is 23.7 Å². The topological polar surface area (TPSA) is 114 Å². The second kappa shape index (κ2) is 11.9. The molecule has 9 heteroatoms. The Kier molecular flexibility index (Phi) is 8.75. The number of nitrogens with zero attached hydrogens (tertiary/aromatic N) is 2. The molecule has 0 atom stereocenters. The number of hydrazone groups is 1. The molecule has 0 unspecified atom stereocenters. The first-order valence-electron chi connectivity index (χ1n) is 10.5. The molecule has 0 aromatic heterocycles. The minimum Gasteiger partial charge on any atom is -0.508 e. The largest absolute Gasteiger partial charge is 0.508 e. The van der Waals surface area contributed by atoms with E-state index in [-0.39, 0.29) is 23.8 Å². The number of halogens is 1. The molecule has 176 valence electrons. The molecule has 0 aliphatic heterocycles. The van der Waals surface area contributed by atoms with E-state index in [1.54, 1.807) is 36.4 Å². The van der Waals surface area contributed by atoms with Crippen molar-refractivity contribution in [3.63, 3.8) is 0 Å². The summed E-state index contributed by atoms with van der Waals surface area (Å²) in [7, 11) is 1.90. The van der Waals surface area contributed by atoms with Gasteiger partial charge in [0.15, 0.2) is 0 Å². The van der Waals surface area contributed by atoms with Crippen molar-refractivity contribution in [2.75, 3.05) is 25.5 Å². The number of phenolic OH excluding ortho intramolecular Hbond substituents is 1. The second-order valence-electron chi connectivity index (χ2n) is 7.59. The maximum Gasteiger partial charge on any atom is 0.273 e. The molecule has 0 spiro atoms. The molecule has 8 nitrogen and oxygen atoms in total. The number of anilines is 1. The average Bonchev–Trinajstić information content (AvgIpc) is 2.82. The Bertz CT molecular complexity index is 1160. The van der Waals surface area contributed by atoms with Crippen LogP contribution in [0.4, 0.5) is 5.69 Å². The fourth-order valence-electron chi connectivity index (χ4n) is 3.12. The number of benzene rings is 3. The van der Waals surface area contributed by atoms with E-state index >= 15 is 0 Å². The number of phenols is 1. The maximum atomic E-state index is 12.8. The van der Waals surface area contributed by atoms with Crippen LogP contribution < -0.4 is 10.7 Å². The molecule has 0 bridgehead atoms. The third kappa shape index (κ3) is 7.14. The standard InChI is InChI=1S/C25H25ClN4O4/c1-30(12-13-31)16-18-2-6-19(7-3-18)24(33)28-23-11-8-20(26)14-22(23)25(34)29-27-15-17-4-9-21(32)10-5-17/h2-11,14-15,31-32H,12-13,16H2,1H3,(H,28,33)(H,29,34)/b27-15+. The molecule has 0 aliphatic rings. The van der Waals surface area contributed by atoms with Crippen molar-refractivity contribution in [1.29, 1.82) is 0 Å². The Morgan fingerprint density at radius 2 is 1.74 bits per heavy atom. The number of carbonyl (C=O) groups excluding carboxylic acids is 2. The fourth-order valence-corrected chi connectivity index (χ4v) is 3.29. The van der Waals surface area contributed by atoms with Crippen molar-refractivity contribution in [2.45, 2.75) is 6.54 Å². The molecular weight excluding hydrogens is 456 g/mol. The van der Waals surface area contributed by atoms with Crippen LogP contribution in [0.5, 0.6) is 5.75 Å². The predicted octanol–water partition coefficient (Wildman–Crippen LogP) is 3.49. The van der Waals surface area contributed by atoms with E-state index in [4.69, 9.17) is 16.7 Å². The summed E-state index contributed by atoms with van der Waals surface area (Å²) in [5, 5.41) is 25.3. The molecule has 3 aromatic rings. The van der Waals surface area contributed by atoms with E-state index in [9.17, 15) is 14.7 Å². The van der Waals surface area contributed by atoms with Gasteiger partial charge in [0.1, 0.15) is 5.75 Å². The van der Waals surface area contributed by atoms with Crippen LogP contribution in [0.3, 0.4) is 0 Å². The number of amides is 2. The normalized spacial score (nSPS) is 11.1. The van der Waals surface area contributed by atoms with Crippen molar-refractivity contribution in [3.8, 4) is 5.75 Å². The summed E-state index contributed by atoms with van der Waals surface area (Å²) < 4.78 is 0. The summed E-state index contributed by atoms with van der Waals surface area (Å²) in [6, 6.07) is 18.0. The van der Waals surface area contributed by atoms with Gasteiger partial charge >= 0.3 is 0 Å². The van der Waals surface area contributed by atoms with Gasteiger partial charge in [-0.25, -0.2) is 5.43 Å². The second-order valence-corrected chi connectivity index (χ2v) is 8.03. The summed E-state index contributed by atoms with van der Waals surface area (Å²) >= 11 is 6.07. The number of hydrogen-bond donors (Lipinski definition) is 4. The Morgan fingerprint density at radius 1 is 1.03 bits per heavy atom. The lowest BCUT2D eigenvalue weighted by molar-refractivity contribution is 0.0956. The highest BCUT2D eigenvalue weighted by Crippen LogP contribution is 2.22. The van der Waals surface area contributed by atoms with Crippen LogP contribution in [-0.2, 0) is 6.54 Å². The van der Waals surface area contributed by atoms with Crippen LogP contribution in [0.15, 0.2) is 71.8 Å². The molecule has 0 fully saturated rings. The summed E-state index contributed by atoms with van der Waals surface area (Å²) in [6.07, 6.45) is 1.43. The van der Waals surface area contributed by atoms with Crippen LogP contribution >= 0.6 is 11.6 Å². The van der Waals surface area contributed by atoms with Gasteiger partial charge in [0.2, 0.25) is 0 Å². The first-order valence-corrected chi connectivity index (χ1v) is 10.8. The van der Waals surface area contributed by atoms with Crippen molar-refractivity contribution in [3.05, 3.63) is 94.0 Å². The van der Waals surface area contributed by atoms with Gasteiger partial charge in [-0.05, 0) is 72.8 Å². The number of hydrogen-bond acceptors (Lipinski definition) is 6. The molecule has 0 radical (unpaired) electrons. The number of rotatable bonds is 9. The Labute approximate surface area is 202 Å². The quantitative estimate of drug-likeness (QED) is 0.276. The lowest BCUT2D eigenvalue weighted by Crippen LogP contribution is -2.22. The van der Waals surface area contributed by atoms with Crippen LogP contribution in [-0.4, -0.2) is 53.3 Å². The number of likely N-dealkylation sites (N-methyl/N-ethyl adjacent to an activating group) is 1. The highest BCUT2D eigenvalue weighted by Gasteiger charge is 2.15. The summed E-state index contributed by atoms with van der Waals surface area (Å²) in [5.41, 5.74) is 4.98. The van der Waals surface area contributed by atoms with Crippen LogP contribution in [0.25, 0.3) is 0 Å². The predicted molar refractivity (Wildman–Crippen MR) is 132 cm³/mol. The Morgan fingerprint density at radius 3 is 2.41 bits per heavy atom. The minimum absolute atomic E-state index is 0.0795. The first kappa shape index (κ1) is 24.9. The van der Waals surface area contributed by atoms with E-state index < -0.39 is 5.91 Å². The smallest absolute Gasteiger partial charge is 0.273 e. The summed E-state index contributed by atoms with van der Waals surface area (Å²) in [4.78, 5) is 27.4. The molecule has 0 saturated carbocycles. The highest BCUT2D eigenvalue weighted by molar-refractivity contribution is 6.31. The SMILES string of the molecule is CN(CCO)Cc1ccc(C(=O)Nc2ccc(Cl)cc2C(=O)N/N=C/c2ccc(O)cc2)cc1. The molecule has 2 amide bonds. The van der Waals surface area contributed by atoms with E-state index in [2.05, 4.69) is 15.8 Å². The zero-order valence-electron chi connectivity index (χ0n) is 18.5. The molecular formula is C25H25ClN4O4. The van der Waals surface area contributed by atoms with E-state index in [1.807, 2.05) is 24.1 Å². The number of aliphatic hydroxyl groups excluding tert-OH is 1. The van der Waals surface area contributed by atoms with E-state index in [1.165, 1.54) is 24.4 Å². The van der Waals surface area contributed by atoms with Crippen LogP contribution in [0.2, 0.25) is 5.02 Å². The lowest BCUT2D eigenvalue weighted by atomic mass is 10.1. The molecule has 3 rings (SSSR count).